The molecule has 0 aromatic heterocycles. The lowest BCUT2D eigenvalue weighted by molar-refractivity contribution is -0.138. The molecule has 2 saturated heterocycles. The fourth-order valence-electron chi connectivity index (χ4n) is 3.98. The summed E-state index contributed by atoms with van der Waals surface area (Å²) in [6, 6.07) is 6.21. The molecule has 2 aliphatic heterocycles. The highest BCUT2D eigenvalue weighted by Crippen LogP contribution is 2.18. The largest absolute Gasteiger partial charge is 0.494 e. The van der Waals surface area contributed by atoms with Crippen LogP contribution >= 0.6 is 0 Å². The third kappa shape index (κ3) is 5.91. The topological polar surface area (TPSA) is 36.0 Å². The Morgan fingerprint density at radius 3 is 2.56 bits per heavy atom. The first kappa shape index (κ1) is 20.1. The zero-order valence-corrected chi connectivity index (χ0v) is 16.4. The summed E-state index contributed by atoms with van der Waals surface area (Å²) in [5, 5.41) is 0. The molecule has 0 bridgehead atoms. The normalized spacial score (nSPS) is 22.4. The van der Waals surface area contributed by atoms with E-state index in [1.807, 2.05) is 0 Å². The van der Waals surface area contributed by atoms with Gasteiger partial charge in [0.15, 0.2) is 0 Å². The molecule has 27 heavy (non-hydrogen) atoms. The van der Waals surface area contributed by atoms with Crippen molar-refractivity contribution in [3.8, 4) is 5.75 Å². The Labute approximate surface area is 162 Å². The number of carbonyl (C=O) groups excluding carboxylic acids is 1. The van der Waals surface area contributed by atoms with Gasteiger partial charge in [-0.05, 0) is 57.1 Å². The molecule has 1 aromatic rings. The molecule has 2 fully saturated rings. The molecule has 0 N–H and O–H groups in total. The highest BCUT2D eigenvalue weighted by molar-refractivity contribution is 5.82. The van der Waals surface area contributed by atoms with Crippen LogP contribution in [-0.4, -0.2) is 79.6 Å². The van der Waals surface area contributed by atoms with Crippen molar-refractivity contribution in [2.75, 3.05) is 52.9 Å². The third-order valence-corrected chi connectivity index (χ3v) is 5.69. The molecule has 1 amide bonds. The van der Waals surface area contributed by atoms with Gasteiger partial charge < -0.3 is 9.64 Å². The SMILES string of the molecule is CN1CCCCC[C@H]1C(=O)N1CCN(CCCOc2ccc(F)cc2)CC1. The fraction of sp³-hybridized carbons (Fsp3) is 0.667. The Balaban J connectivity index is 1.34. The number of likely N-dealkylation sites (N-methyl/N-ethyl adjacent to an activating group) is 1. The van der Waals surface area contributed by atoms with Crippen molar-refractivity contribution in [3.05, 3.63) is 30.1 Å². The molecule has 0 spiro atoms. The summed E-state index contributed by atoms with van der Waals surface area (Å²) >= 11 is 0. The van der Waals surface area contributed by atoms with E-state index in [9.17, 15) is 9.18 Å². The quantitative estimate of drug-likeness (QED) is 0.714. The molecule has 6 heteroatoms. The van der Waals surface area contributed by atoms with E-state index < -0.39 is 0 Å². The lowest BCUT2D eigenvalue weighted by atomic mass is 10.1. The third-order valence-electron chi connectivity index (χ3n) is 5.69. The number of amides is 1. The minimum atomic E-state index is -0.246. The molecule has 150 valence electrons. The van der Waals surface area contributed by atoms with Crippen molar-refractivity contribution < 1.29 is 13.9 Å². The van der Waals surface area contributed by atoms with Gasteiger partial charge in [0.1, 0.15) is 11.6 Å². The Bertz CT molecular complexity index is 588. The van der Waals surface area contributed by atoms with Gasteiger partial charge in [-0.1, -0.05) is 12.8 Å². The second-order valence-corrected chi connectivity index (χ2v) is 7.67. The monoisotopic (exact) mass is 377 g/mol. The van der Waals surface area contributed by atoms with Crippen LogP contribution in [0.1, 0.15) is 32.1 Å². The molecule has 0 unspecified atom stereocenters. The lowest BCUT2D eigenvalue weighted by Crippen LogP contribution is -2.54. The van der Waals surface area contributed by atoms with Gasteiger partial charge in [0, 0.05) is 32.7 Å². The zero-order valence-electron chi connectivity index (χ0n) is 16.4. The lowest BCUT2D eigenvalue weighted by Gasteiger charge is -2.38. The molecule has 3 rings (SSSR count). The molecule has 2 heterocycles. The Kier molecular flexibility index (Phi) is 7.47. The molecule has 5 nitrogen and oxygen atoms in total. The van der Waals surface area contributed by atoms with Gasteiger partial charge in [0.05, 0.1) is 12.6 Å². The number of hydrogen-bond donors (Lipinski definition) is 0. The van der Waals surface area contributed by atoms with Crippen LogP contribution in [0.5, 0.6) is 5.75 Å². The summed E-state index contributed by atoms with van der Waals surface area (Å²) in [6.07, 6.45) is 5.53. The van der Waals surface area contributed by atoms with Crippen LogP contribution in [0.4, 0.5) is 4.39 Å². The van der Waals surface area contributed by atoms with Crippen LogP contribution < -0.4 is 4.74 Å². The van der Waals surface area contributed by atoms with Crippen LogP contribution in [0, 0.1) is 5.82 Å². The van der Waals surface area contributed by atoms with Gasteiger partial charge in [-0.2, -0.15) is 0 Å². The smallest absolute Gasteiger partial charge is 0.240 e. The average Bonchev–Trinajstić information content (AvgIpc) is 2.91. The maximum absolute atomic E-state index is 12.9. The summed E-state index contributed by atoms with van der Waals surface area (Å²) in [6.45, 7) is 6.12. The summed E-state index contributed by atoms with van der Waals surface area (Å²) in [7, 11) is 2.09. The average molecular weight is 378 g/mol. The maximum Gasteiger partial charge on any atom is 0.240 e. The second kappa shape index (κ2) is 10.0. The predicted octanol–water partition coefficient (Wildman–Crippen LogP) is 2.61. The van der Waals surface area contributed by atoms with Crippen LogP contribution in [0.15, 0.2) is 24.3 Å². The number of nitrogens with zero attached hydrogens (tertiary/aromatic N) is 3. The van der Waals surface area contributed by atoms with E-state index in [-0.39, 0.29) is 11.9 Å². The Morgan fingerprint density at radius 1 is 1.07 bits per heavy atom. The first-order valence-electron chi connectivity index (χ1n) is 10.2. The van der Waals surface area contributed by atoms with Crippen molar-refractivity contribution in [1.82, 2.24) is 14.7 Å². The molecular weight excluding hydrogens is 345 g/mol. The fourth-order valence-corrected chi connectivity index (χ4v) is 3.98. The molecule has 0 saturated carbocycles. The number of rotatable bonds is 6. The molecule has 2 aliphatic rings. The summed E-state index contributed by atoms with van der Waals surface area (Å²) in [5.74, 6) is 0.780. The van der Waals surface area contributed by atoms with Gasteiger partial charge in [-0.3, -0.25) is 14.6 Å². The molecule has 0 aliphatic carbocycles. The molecule has 0 radical (unpaired) electrons. The van der Waals surface area contributed by atoms with Gasteiger partial charge >= 0.3 is 0 Å². The van der Waals surface area contributed by atoms with Gasteiger partial charge in [0.25, 0.3) is 0 Å². The Morgan fingerprint density at radius 2 is 1.81 bits per heavy atom. The van der Waals surface area contributed by atoms with Crippen LogP contribution in [0.2, 0.25) is 0 Å². The minimum Gasteiger partial charge on any atom is -0.494 e. The van der Waals surface area contributed by atoms with Crippen LogP contribution in [0.25, 0.3) is 0 Å². The highest BCUT2D eigenvalue weighted by atomic mass is 19.1. The first-order valence-corrected chi connectivity index (χ1v) is 10.2. The second-order valence-electron chi connectivity index (χ2n) is 7.67. The van der Waals surface area contributed by atoms with Crippen molar-refractivity contribution in [2.45, 2.75) is 38.1 Å². The van der Waals surface area contributed by atoms with Gasteiger partial charge in [0.2, 0.25) is 5.91 Å². The van der Waals surface area contributed by atoms with Crippen molar-refractivity contribution >= 4 is 5.91 Å². The summed E-state index contributed by atoms with van der Waals surface area (Å²) in [4.78, 5) is 19.6. The molecule has 1 aromatic carbocycles. The van der Waals surface area contributed by atoms with E-state index in [2.05, 4.69) is 21.7 Å². The zero-order chi connectivity index (χ0) is 19.1. The minimum absolute atomic E-state index is 0.0724. The highest BCUT2D eigenvalue weighted by Gasteiger charge is 2.30. The van der Waals surface area contributed by atoms with E-state index in [1.165, 1.54) is 25.0 Å². The maximum atomic E-state index is 12.9. The van der Waals surface area contributed by atoms with Crippen LogP contribution in [0.3, 0.4) is 0 Å². The molecular formula is C21H32FN3O2. The van der Waals surface area contributed by atoms with Crippen molar-refractivity contribution in [1.29, 1.82) is 0 Å². The Hall–Kier alpha value is -1.66. The molecule has 1 atom stereocenters. The van der Waals surface area contributed by atoms with Crippen LogP contribution in [-0.2, 0) is 4.79 Å². The van der Waals surface area contributed by atoms with E-state index in [4.69, 9.17) is 4.74 Å². The number of piperazine rings is 1. The number of hydrogen-bond acceptors (Lipinski definition) is 4. The van der Waals surface area contributed by atoms with Crippen molar-refractivity contribution in [2.24, 2.45) is 0 Å². The standard InChI is InChI=1S/C21H32FN3O2/c1-23-11-4-2-3-6-20(23)21(26)25-15-13-24(14-16-25)12-5-17-27-19-9-7-18(22)8-10-19/h7-10,20H,2-6,11-17H2,1H3/t20-/m0/s1. The van der Waals surface area contributed by atoms with Gasteiger partial charge in [-0.15, -0.1) is 0 Å². The van der Waals surface area contributed by atoms with Crippen molar-refractivity contribution in [3.63, 3.8) is 0 Å². The number of likely N-dealkylation sites (tertiary alicyclic amines) is 1. The number of carbonyl (C=O) groups is 1. The number of ether oxygens (including phenoxy) is 1. The predicted molar refractivity (Wildman–Crippen MR) is 104 cm³/mol. The first-order chi connectivity index (χ1) is 13.1. The van der Waals surface area contributed by atoms with Gasteiger partial charge in [-0.25, -0.2) is 4.39 Å². The number of benzene rings is 1. The summed E-state index contributed by atoms with van der Waals surface area (Å²) < 4.78 is 18.5. The van der Waals surface area contributed by atoms with E-state index in [0.29, 0.717) is 18.3 Å². The van der Waals surface area contributed by atoms with E-state index >= 15 is 0 Å². The number of halogens is 1. The van der Waals surface area contributed by atoms with E-state index in [0.717, 1.165) is 58.5 Å². The van der Waals surface area contributed by atoms with E-state index in [1.54, 1.807) is 12.1 Å². The summed E-state index contributed by atoms with van der Waals surface area (Å²) in [5.41, 5.74) is 0.